The number of benzene rings is 1. The molecule has 0 aliphatic carbocycles. The van der Waals surface area contributed by atoms with Gasteiger partial charge in [-0.2, -0.15) is 0 Å². The highest BCUT2D eigenvalue weighted by Gasteiger charge is 2.18. The fourth-order valence-corrected chi connectivity index (χ4v) is 1.39. The molecule has 0 radical (unpaired) electrons. The number of nitrogens with zero attached hydrogens (tertiary/aromatic N) is 1. The molecule has 0 bridgehead atoms. The van der Waals surface area contributed by atoms with Crippen molar-refractivity contribution in [1.82, 2.24) is 0 Å². The third-order valence-electron chi connectivity index (χ3n) is 2.21. The summed E-state index contributed by atoms with van der Waals surface area (Å²) in [5.41, 5.74) is 0.675. The number of carbonyl (C=O) groups is 1. The summed E-state index contributed by atoms with van der Waals surface area (Å²) < 4.78 is 5.05. The van der Waals surface area contributed by atoms with E-state index >= 15 is 0 Å². The van der Waals surface area contributed by atoms with Crippen molar-refractivity contribution in [2.24, 2.45) is 0 Å². The summed E-state index contributed by atoms with van der Waals surface area (Å²) in [6.07, 6.45) is -0.720. The number of aliphatic carboxylic acids is 1. The molecule has 1 N–H and O–H groups in total. The first-order valence-electron chi connectivity index (χ1n) is 5.12. The Morgan fingerprint density at radius 1 is 1.47 bits per heavy atom. The Balaban J connectivity index is 2.73. The zero-order chi connectivity index (χ0) is 12.8. The molecule has 0 aliphatic rings. The second kappa shape index (κ2) is 5.95. The predicted octanol–water partition coefficient (Wildman–Crippen LogP) is 1.63. The average molecular weight is 239 g/mol. The van der Waals surface area contributed by atoms with Gasteiger partial charge in [-0.1, -0.05) is 12.1 Å². The summed E-state index contributed by atoms with van der Waals surface area (Å²) in [7, 11) is 0. The van der Waals surface area contributed by atoms with E-state index in [0.717, 1.165) is 0 Å². The van der Waals surface area contributed by atoms with Gasteiger partial charge in [0.05, 0.1) is 4.92 Å². The van der Waals surface area contributed by atoms with E-state index in [1.807, 2.05) is 0 Å². The molecule has 0 aromatic heterocycles. The second-order valence-corrected chi connectivity index (χ2v) is 3.41. The molecule has 6 heteroatoms. The van der Waals surface area contributed by atoms with Crippen LogP contribution >= 0.6 is 0 Å². The Morgan fingerprint density at radius 2 is 2.06 bits per heavy atom. The lowest BCUT2D eigenvalue weighted by atomic mass is 10.1. The zero-order valence-electron chi connectivity index (χ0n) is 9.33. The van der Waals surface area contributed by atoms with Gasteiger partial charge in [0.2, 0.25) is 0 Å². The first-order chi connectivity index (χ1) is 8.04. The van der Waals surface area contributed by atoms with E-state index in [4.69, 9.17) is 9.84 Å². The standard InChI is InChI=1S/C11H13NO5/c1-2-17-10(11(13)14)7-8-3-5-9(6-4-8)12(15)16/h3-6,10H,2,7H2,1H3,(H,13,14)/t10-/m0/s1. The molecular weight excluding hydrogens is 226 g/mol. The lowest BCUT2D eigenvalue weighted by Gasteiger charge is -2.11. The smallest absolute Gasteiger partial charge is 0.333 e. The average Bonchev–Trinajstić information content (AvgIpc) is 2.29. The van der Waals surface area contributed by atoms with Crippen LogP contribution in [0.1, 0.15) is 12.5 Å². The highest BCUT2D eigenvalue weighted by Crippen LogP contribution is 2.14. The number of hydrogen-bond donors (Lipinski definition) is 1. The van der Waals surface area contributed by atoms with Crippen LogP contribution in [0, 0.1) is 10.1 Å². The van der Waals surface area contributed by atoms with Gasteiger partial charge in [-0.3, -0.25) is 10.1 Å². The number of nitro groups is 1. The normalized spacial score (nSPS) is 12.1. The number of carboxylic acid groups (broad SMARTS) is 1. The Kier molecular flexibility index (Phi) is 4.59. The van der Waals surface area contributed by atoms with Crippen molar-refractivity contribution < 1.29 is 19.6 Å². The summed E-state index contributed by atoms with van der Waals surface area (Å²) in [5, 5.41) is 19.3. The lowest BCUT2D eigenvalue weighted by molar-refractivity contribution is -0.384. The van der Waals surface area contributed by atoms with Crippen molar-refractivity contribution in [2.45, 2.75) is 19.4 Å². The molecule has 0 heterocycles. The van der Waals surface area contributed by atoms with Gasteiger partial charge >= 0.3 is 5.97 Å². The number of nitro benzene ring substituents is 1. The molecule has 0 unspecified atom stereocenters. The molecule has 92 valence electrons. The lowest BCUT2D eigenvalue weighted by Crippen LogP contribution is -2.26. The molecule has 0 saturated heterocycles. The van der Waals surface area contributed by atoms with E-state index in [2.05, 4.69) is 0 Å². The third kappa shape index (κ3) is 3.84. The first-order valence-corrected chi connectivity index (χ1v) is 5.12. The molecule has 0 aliphatic heterocycles. The van der Waals surface area contributed by atoms with Gasteiger partial charge in [-0.05, 0) is 12.5 Å². The van der Waals surface area contributed by atoms with Crippen LogP contribution in [-0.2, 0) is 16.0 Å². The Bertz CT molecular complexity index is 401. The van der Waals surface area contributed by atoms with Crippen LogP contribution in [0.4, 0.5) is 5.69 Å². The van der Waals surface area contributed by atoms with Crippen LogP contribution in [0.25, 0.3) is 0 Å². The van der Waals surface area contributed by atoms with Crippen LogP contribution in [0.3, 0.4) is 0 Å². The minimum atomic E-state index is -1.04. The Morgan fingerprint density at radius 3 is 2.47 bits per heavy atom. The predicted molar refractivity (Wildman–Crippen MR) is 59.9 cm³/mol. The largest absolute Gasteiger partial charge is 0.479 e. The highest BCUT2D eigenvalue weighted by atomic mass is 16.6. The molecule has 0 spiro atoms. The van der Waals surface area contributed by atoms with Crippen molar-refractivity contribution >= 4 is 11.7 Å². The molecule has 1 rings (SSSR count). The van der Waals surface area contributed by atoms with Crippen molar-refractivity contribution in [2.75, 3.05) is 6.61 Å². The number of ether oxygens (including phenoxy) is 1. The fourth-order valence-electron chi connectivity index (χ4n) is 1.39. The van der Waals surface area contributed by atoms with Crippen LogP contribution < -0.4 is 0 Å². The van der Waals surface area contributed by atoms with Gasteiger partial charge in [-0.25, -0.2) is 4.79 Å². The summed E-state index contributed by atoms with van der Waals surface area (Å²) in [5.74, 6) is -1.04. The Hall–Kier alpha value is -1.95. The maximum absolute atomic E-state index is 10.8. The molecule has 0 amide bonds. The molecule has 0 saturated carbocycles. The van der Waals surface area contributed by atoms with Gasteiger partial charge in [0.1, 0.15) is 0 Å². The highest BCUT2D eigenvalue weighted by molar-refractivity contribution is 5.72. The molecule has 1 atom stereocenters. The van der Waals surface area contributed by atoms with Crippen molar-refractivity contribution in [3.63, 3.8) is 0 Å². The number of non-ortho nitro benzene ring substituents is 1. The first kappa shape index (κ1) is 13.1. The van der Waals surface area contributed by atoms with Gasteiger partial charge in [-0.15, -0.1) is 0 Å². The minimum Gasteiger partial charge on any atom is -0.479 e. The topological polar surface area (TPSA) is 89.7 Å². The van der Waals surface area contributed by atoms with Crippen LogP contribution in [0.15, 0.2) is 24.3 Å². The van der Waals surface area contributed by atoms with E-state index < -0.39 is 17.0 Å². The van der Waals surface area contributed by atoms with E-state index in [9.17, 15) is 14.9 Å². The zero-order valence-corrected chi connectivity index (χ0v) is 9.33. The van der Waals surface area contributed by atoms with Crippen molar-refractivity contribution in [3.05, 3.63) is 39.9 Å². The van der Waals surface area contributed by atoms with E-state index in [1.54, 1.807) is 6.92 Å². The summed E-state index contributed by atoms with van der Waals surface area (Å²) >= 11 is 0. The number of hydrogen-bond acceptors (Lipinski definition) is 4. The Labute approximate surface area is 98.0 Å². The maximum Gasteiger partial charge on any atom is 0.333 e. The number of rotatable bonds is 6. The van der Waals surface area contributed by atoms with Crippen LogP contribution in [-0.4, -0.2) is 28.7 Å². The maximum atomic E-state index is 10.8. The molecule has 6 nitrogen and oxygen atoms in total. The number of carboxylic acids is 1. The fraction of sp³-hybridized carbons (Fsp3) is 0.364. The third-order valence-corrected chi connectivity index (χ3v) is 2.21. The van der Waals surface area contributed by atoms with Crippen molar-refractivity contribution in [1.29, 1.82) is 0 Å². The minimum absolute atomic E-state index is 0.0166. The summed E-state index contributed by atoms with van der Waals surface area (Å²) in [4.78, 5) is 20.8. The monoisotopic (exact) mass is 239 g/mol. The SMILES string of the molecule is CCO[C@@H](Cc1ccc([N+](=O)[O-])cc1)C(=O)O. The van der Waals surface area contributed by atoms with Gasteiger partial charge in [0.25, 0.3) is 5.69 Å². The quantitative estimate of drug-likeness (QED) is 0.601. The van der Waals surface area contributed by atoms with Crippen LogP contribution in [0.2, 0.25) is 0 Å². The van der Waals surface area contributed by atoms with E-state index in [-0.39, 0.29) is 12.1 Å². The van der Waals surface area contributed by atoms with Crippen LogP contribution in [0.5, 0.6) is 0 Å². The molecule has 1 aromatic carbocycles. The molecule has 1 aromatic rings. The van der Waals surface area contributed by atoms with Gasteiger partial charge < -0.3 is 9.84 Å². The molecular formula is C11H13NO5. The second-order valence-electron chi connectivity index (χ2n) is 3.41. The summed E-state index contributed by atoms with van der Waals surface area (Å²) in [6, 6.07) is 5.76. The van der Waals surface area contributed by atoms with Crippen molar-refractivity contribution in [3.8, 4) is 0 Å². The van der Waals surface area contributed by atoms with Gasteiger partial charge in [0.15, 0.2) is 6.10 Å². The molecule has 17 heavy (non-hydrogen) atoms. The molecule has 0 fully saturated rings. The summed E-state index contributed by atoms with van der Waals surface area (Å²) in [6.45, 7) is 2.02. The van der Waals surface area contributed by atoms with E-state index in [1.165, 1.54) is 24.3 Å². The van der Waals surface area contributed by atoms with Gasteiger partial charge in [0, 0.05) is 25.2 Å². The van der Waals surface area contributed by atoms with E-state index in [0.29, 0.717) is 12.2 Å².